The van der Waals surface area contributed by atoms with Gasteiger partial charge in [-0.15, -0.1) is 0 Å². The Balaban J connectivity index is 2.19. The molecule has 0 aromatic heterocycles. The second-order valence-electron chi connectivity index (χ2n) is 4.30. The number of hydrogen-bond donors (Lipinski definition) is 2. The van der Waals surface area contributed by atoms with Gasteiger partial charge in [-0.2, -0.15) is 0 Å². The van der Waals surface area contributed by atoms with Crippen molar-refractivity contribution < 1.29 is 19.5 Å². The van der Waals surface area contributed by atoms with Crippen LogP contribution in [0.1, 0.15) is 5.56 Å². The number of methoxy groups -OCH3 is 1. The topological polar surface area (TPSA) is 58.9 Å². The maximum Gasteiger partial charge on any atom is 0.488 e. The molecule has 0 atom stereocenters. The fourth-order valence-corrected chi connectivity index (χ4v) is 2.10. The standard InChI is InChI=1S/C14H13BCl2O4/c1-20-10-2-4-12(15(18)19)9(6-10)8-21-11-3-5-13(16)14(17)7-11/h2-7,18-19H,8H2,1H3. The van der Waals surface area contributed by atoms with E-state index in [1.807, 2.05) is 0 Å². The Hall–Kier alpha value is -1.40. The molecule has 2 aromatic rings. The molecule has 0 bridgehead atoms. The van der Waals surface area contributed by atoms with Gasteiger partial charge in [0.25, 0.3) is 0 Å². The zero-order valence-electron chi connectivity index (χ0n) is 11.2. The van der Waals surface area contributed by atoms with E-state index in [0.29, 0.717) is 32.6 Å². The number of benzene rings is 2. The van der Waals surface area contributed by atoms with E-state index in [2.05, 4.69) is 0 Å². The van der Waals surface area contributed by atoms with Gasteiger partial charge in [-0.25, -0.2) is 0 Å². The average molecular weight is 327 g/mol. The summed E-state index contributed by atoms with van der Waals surface area (Å²) in [7, 11) is -0.0446. The predicted octanol–water partition coefficient (Wildman–Crippen LogP) is 2.26. The molecule has 0 radical (unpaired) electrons. The minimum absolute atomic E-state index is 0.141. The van der Waals surface area contributed by atoms with Gasteiger partial charge in [0.05, 0.1) is 17.2 Å². The van der Waals surface area contributed by atoms with Crippen molar-refractivity contribution in [3.63, 3.8) is 0 Å². The average Bonchev–Trinajstić information content (AvgIpc) is 2.48. The van der Waals surface area contributed by atoms with Crippen molar-refractivity contribution in [3.8, 4) is 11.5 Å². The summed E-state index contributed by atoms with van der Waals surface area (Å²) in [4.78, 5) is 0. The summed E-state index contributed by atoms with van der Waals surface area (Å²) >= 11 is 11.7. The molecule has 0 fully saturated rings. The van der Waals surface area contributed by atoms with Crippen LogP contribution in [0.3, 0.4) is 0 Å². The Morgan fingerprint density at radius 3 is 2.33 bits per heavy atom. The molecule has 0 aliphatic heterocycles. The normalized spacial score (nSPS) is 10.3. The molecule has 0 amide bonds. The molecular weight excluding hydrogens is 314 g/mol. The van der Waals surface area contributed by atoms with Gasteiger partial charge >= 0.3 is 7.12 Å². The molecule has 0 saturated heterocycles. The van der Waals surface area contributed by atoms with Crippen LogP contribution in [0.4, 0.5) is 0 Å². The summed E-state index contributed by atoms with van der Waals surface area (Å²) in [5.74, 6) is 1.14. The summed E-state index contributed by atoms with van der Waals surface area (Å²) in [5, 5.41) is 19.6. The minimum atomic E-state index is -1.58. The van der Waals surface area contributed by atoms with Crippen molar-refractivity contribution in [2.24, 2.45) is 0 Å². The molecule has 0 saturated carbocycles. The second kappa shape index (κ2) is 7.05. The third-order valence-corrected chi connectivity index (χ3v) is 3.65. The van der Waals surface area contributed by atoms with E-state index < -0.39 is 7.12 Å². The molecule has 110 valence electrons. The first-order valence-corrected chi connectivity index (χ1v) is 6.87. The van der Waals surface area contributed by atoms with Crippen LogP contribution in [-0.2, 0) is 6.61 Å². The summed E-state index contributed by atoms with van der Waals surface area (Å²) in [6.45, 7) is 0.141. The molecule has 0 aliphatic carbocycles. The van der Waals surface area contributed by atoms with Gasteiger partial charge in [0.1, 0.15) is 18.1 Å². The van der Waals surface area contributed by atoms with Crippen molar-refractivity contribution in [1.82, 2.24) is 0 Å². The number of halogens is 2. The largest absolute Gasteiger partial charge is 0.497 e. The quantitative estimate of drug-likeness (QED) is 0.827. The predicted molar refractivity (Wildman–Crippen MR) is 83.6 cm³/mol. The maximum atomic E-state index is 9.37. The SMILES string of the molecule is COc1ccc(B(O)O)c(COc2ccc(Cl)c(Cl)c2)c1. The Morgan fingerprint density at radius 2 is 1.71 bits per heavy atom. The third kappa shape index (κ3) is 4.05. The van der Waals surface area contributed by atoms with E-state index in [1.54, 1.807) is 36.4 Å². The lowest BCUT2D eigenvalue weighted by Gasteiger charge is -2.12. The zero-order valence-corrected chi connectivity index (χ0v) is 12.7. The lowest BCUT2D eigenvalue weighted by Crippen LogP contribution is -2.33. The van der Waals surface area contributed by atoms with E-state index in [9.17, 15) is 10.0 Å². The van der Waals surface area contributed by atoms with Crippen LogP contribution in [-0.4, -0.2) is 24.3 Å². The molecule has 2 rings (SSSR count). The highest BCUT2D eigenvalue weighted by atomic mass is 35.5. The van der Waals surface area contributed by atoms with Gasteiger partial charge in [0, 0.05) is 6.07 Å². The van der Waals surface area contributed by atoms with Gasteiger partial charge in [-0.05, 0) is 35.3 Å². The molecule has 0 heterocycles. The summed E-state index contributed by atoms with van der Waals surface area (Å²) in [6.07, 6.45) is 0. The second-order valence-corrected chi connectivity index (χ2v) is 5.12. The number of rotatable bonds is 5. The Morgan fingerprint density at radius 1 is 1.00 bits per heavy atom. The summed E-state index contributed by atoms with van der Waals surface area (Å²) in [5.41, 5.74) is 0.964. The van der Waals surface area contributed by atoms with Crippen molar-refractivity contribution >= 4 is 35.8 Å². The molecule has 0 spiro atoms. The molecular formula is C14H13BCl2O4. The van der Waals surface area contributed by atoms with E-state index in [0.717, 1.165) is 0 Å². The summed E-state index contributed by atoms with van der Waals surface area (Å²) < 4.78 is 10.7. The Kier molecular flexibility index (Phi) is 5.36. The highest BCUT2D eigenvalue weighted by Gasteiger charge is 2.17. The monoisotopic (exact) mass is 326 g/mol. The van der Waals surface area contributed by atoms with Gasteiger partial charge in [-0.3, -0.25) is 0 Å². The van der Waals surface area contributed by atoms with Crippen LogP contribution in [0.15, 0.2) is 36.4 Å². The first-order chi connectivity index (χ1) is 10.0. The smallest absolute Gasteiger partial charge is 0.488 e. The molecule has 7 heteroatoms. The van der Waals surface area contributed by atoms with Crippen molar-refractivity contribution in [3.05, 3.63) is 52.0 Å². The van der Waals surface area contributed by atoms with Crippen molar-refractivity contribution in [2.45, 2.75) is 6.61 Å². The molecule has 4 nitrogen and oxygen atoms in total. The first-order valence-electron chi connectivity index (χ1n) is 6.12. The molecule has 2 aromatic carbocycles. The molecule has 0 unspecified atom stereocenters. The fraction of sp³-hybridized carbons (Fsp3) is 0.143. The third-order valence-electron chi connectivity index (χ3n) is 2.91. The van der Waals surface area contributed by atoms with E-state index in [4.69, 9.17) is 32.7 Å². The van der Waals surface area contributed by atoms with E-state index in [-0.39, 0.29) is 6.61 Å². The fourth-order valence-electron chi connectivity index (χ4n) is 1.81. The highest BCUT2D eigenvalue weighted by molar-refractivity contribution is 6.59. The first kappa shape index (κ1) is 16.0. The van der Waals surface area contributed by atoms with Crippen molar-refractivity contribution in [1.29, 1.82) is 0 Å². The Labute approximate surface area is 133 Å². The van der Waals surface area contributed by atoms with E-state index >= 15 is 0 Å². The maximum absolute atomic E-state index is 9.37. The molecule has 21 heavy (non-hydrogen) atoms. The zero-order chi connectivity index (χ0) is 15.4. The van der Waals surface area contributed by atoms with Crippen LogP contribution < -0.4 is 14.9 Å². The lowest BCUT2D eigenvalue weighted by atomic mass is 9.77. The lowest BCUT2D eigenvalue weighted by molar-refractivity contribution is 0.305. The highest BCUT2D eigenvalue weighted by Crippen LogP contribution is 2.26. The van der Waals surface area contributed by atoms with Crippen LogP contribution in [0.2, 0.25) is 10.0 Å². The molecule has 0 aliphatic rings. The molecule has 2 N–H and O–H groups in total. The van der Waals surface area contributed by atoms with E-state index in [1.165, 1.54) is 7.11 Å². The van der Waals surface area contributed by atoms with Gasteiger partial charge in [0.15, 0.2) is 0 Å². The van der Waals surface area contributed by atoms with Crippen LogP contribution >= 0.6 is 23.2 Å². The van der Waals surface area contributed by atoms with Crippen LogP contribution in [0, 0.1) is 0 Å². The van der Waals surface area contributed by atoms with Crippen LogP contribution in [0.25, 0.3) is 0 Å². The Bertz CT molecular complexity index is 634. The van der Waals surface area contributed by atoms with Crippen LogP contribution in [0.5, 0.6) is 11.5 Å². The van der Waals surface area contributed by atoms with Crippen molar-refractivity contribution in [2.75, 3.05) is 7.11 Å². The van der Waals surface area contributed by atoms with Gasteiger partial charge < -0.3 is 19.5 Å². The van der Waals surface area contributed by atoms with Gasteiger partial charge in [0.2, 0.25) is 0 Å². The summed E-state index contributed by atoms with van der Waals surface area (Å²) in [6, 6.07) is 9.83. The van der Waals surface area contributed by atoms with Gasteiger partial charge in [-0.1, -0.05) is 29.3 Å². The minimum Gasteiger partial charge on any atom is -0.497 e. The number of hydrogen-bond acceptors (Lipinski definition) is 4. The number of ether oxygens (including phenoxy) is 2.